The van der Waals surface area contributed by atoms with E-state index in [-0.39, 0.29) is 0 Å². The molecule has 2 N–H and O–H groups in total. The topological polar surface area (TPSA) is 38.9 Å². The molecule has 1 fully saturated rings. The third-order valence-electron chi connectivity index (χ3n) is 3.53. The van der Waals surface area contributed by atoms with E-state index in [0.717, 1.165) is 13.0 Å². The van der Waals surface area contributed by atoms with E-state index in [2.05, 4.69) is 24.2 Å². The van der Waals surface area contributed by atoms with Gasteiger partial charge < -0.3 is 5.73 Å². The summed E-state index contributed by atoms with van der Waals surface area (Å²) in [4.78, 5) is 4.69. The summed E-state index contributed by atoms with van der Waals surface area (Å²) in [5, 5.41) is 3.48. The van der Waals surface area contributed by atoms with Crippen LogP contribution in [0.1, 0.15) is 49.7 Å². The molecule has 2 nitrogen and oxygen atoms in total. The highest BCUT2D eigenvalue weighted by molar-refractivity contribution is 7.09. The Kier molecular flexibility index (Phi) is 3.12. The van der Waals surface area contributed by atoms with Crippen LogP contribution in [-0.2, 0) is 6.42 Å². The van der Waals surface area contributed by atoms with E-state index in [4.69, 9.17) is 5.73 Å². The maximum absolute atomic E-state index is 5.86. The molecule has 2 rings (SSSR count). The van der Waals surface area contributed by atoms with Gasteiger partial charge in [0.2, 0.25) is 0 Å². The maximum Gasteiger partial charge on any atom is 0.0934 e. The largest absolute Gasteiger partial charge is 0.330 e. The zero-order chi connectivity index (χ0) is 10.9. The molecule has 1 aromatic heterocycles. The van der Waals surface area contributed by atoms with Gasteiger partial charge in [-0.3, -0.25) is 0 Å². The lowest BCUT2D eigenvalue weighted by Gasteiger charge is -2.40. The van der Waals surface area contributed by atoms with Gasteiger partial charge >= 0.3 is 0 Å². The van der Waals surface area contributed by atoms with Crippen molar-refractivity contribution in [3.8, 4) is 0 Å². The Morgan fingerprint density at radius 1 is 1.53 bits per heavy atom. The van der Waals surface area contributed by atoms with Crippen LogP contribution in [0.2, 0.25) is 0 Å². The molecule has 0 unspecified atom stereocenters. The SMILES string of the molecule is CC(C)c1csc(CC2(CN)CCC2)n1. The lowest BCUT2D eigenvalue weighted by molar-refractivity contribution is 0.144. The lowest BCUT2D eigenvalue weighted by Crippen LogP contribution is -2.39. The molecule has 1 saturated carbocycles. The maximum atomic E-state index is 5.86. The fourth-order valence-electron chi connectivity index (χ4n) is 2.12. The fourth-order valence-corrected chi connectivity index (χ4v) is 3.25. The first kappa shape index (κ1) is 11.1. The first-order valence-electron chi connectivity index (χ1n) is 5.80. The predicted octanol–water partition coefficient (Wildman–Crippen LogP) is 2.94. The van der Waals surface area contributed by atoms with E-state index in [9.17, 15) is 0 Å². The highest BCUT2D eigenvalue weighted by atomic mass is 32.1. The summed E-state index contributed by atoms with van der Waals surface area (Å²) in [7, 11) is 0. The van der Waals surface area contributed by atoms with E-state index in [1.54, 1.807) is 11.3 Å². The Morgan fingerprint density at radius 3 is 2.67 bits per heavy atom. The number of nitrogens with two attached hydrogens (primary N) is 1. The van der Waals surface area contributed by atoms with Crippen molar-refractivity contribution in [3.63, 3.8) is 0 Å². The number of aromatic nitrogens is 1. The molecule has 0 atom stereocenters. The minimum Gasteiger partial charge on any atom is -0.330 e. The molecule has 3 heteroatoms. The van der Waals surface area contributed by atoms with Crippen molar-refractivity contribution in [2.75, 3.05) is 6.54 Å². The first-order valence-corrected chi connectivity index (χ1v) is 6.67. The number of hydrogen-bond donors (Lipinski definition) is 1. The van der Waals surface area contributed by atoms with E-state index in [1.165, 1.54) is 30.0 Å². The van der Waals surface area contributed by atoms with Crippen molar-refractivity contribution in [2.24, 2.45) is 11.1 Å². The molecule has 84 valence electrons. The Labute approximate surface area is 95.9 Å². The van der Waals surface area contributed by atoms with Gasteiger partial charge in [-0.1, -0.05) is 20.3 Å². The van der Waals surface area contributed by atoms with Gasteiger partial charge in [0.25, 0.3) is 0 Å². The van der Waals surface area contributed by atoms with Crippen molar-refractivity contribution in [1.82, 2.24) is 4.98 Å². The second-order valence-electron chi connectivity index (χ2n) is 5.06. The molecule has 1 aliphatic carbocycles. The molecule has 0 radical (unpaired) electrons. The number of rotatable bonds is 4. The van der Waals surface area contributed by atoms with Gasteiger partial charge in [0.15, 0.2) is 0 Å². The summed E-state index contributed by atoms with van der Waals surface area (Å²) in [5.74, 6) is 0.546. The van der Waals surface area contributed by atoms with Gasteiger partial charge in [-0.25, -0.2) is 4.98 Å². The van der Waals surface area contributed by atoms with Gasteiger partial charge in [0.1, 0.15) is 0 Å². The molecule has 0 amide bonds. The highest BCUT2D eigenvalue weighted by Gasteiger charge is 2.36. The van der Waals surface area contributed by atoms with Crippen LogP contribution in [0.3, 0.4) is 0 Å². The monoisotopic (exact) mass is 224 g/mol. The van der Waals surface area contributed by atoms with E-state index in [0.29, 0.717) is 11.3 Å². The van der Waals surface area contributed by atoms with Crippen LogP contribution in [0.15, 0.2) is 5.38 Å². The summed E-state index contributed by atoms with van der Waals surface area (Å²) in [6, 6.07) is 0. The van der Waals surface area contributed by atoms with Crippen LogP contribution in [0, 0.1) is 5.41 Å². The normalized spacial score (nSPS) is 19.2. The van der Waals surface area contributed by atoms with Crippen molar-refractivity contribution in [1.29, 1.82) is 0 Å². The van der Waals surface area contributed by atoms with Crippen molar-refractivity contribution >= 4 is 11.3 Å². The summed E-state index contributed by atoms with van der Waals surface area (Å²) in [5.41, 5.74) is 7.49. The summed E-state index contributed by atoms with van der Waals surface area (Å²) >= 11 is 1.80. The molecular formula is C12H20N2S. The molecule has 0 bridgehead atoms. The molecule has 1 aliphatic rings. The summed E-state index contributed by atoms with van der Waals surface area (Å²) in [6.45, 7) is 5.21. The molecule has 0 spiro atoms. The Hall–Kier alpha value is -0.410. The zero-order valence-corrected chi connectivity index (χ0v) is 10.4. The van der Waals surface area contributed by atoms with Crippen LogP contribution in [-0.4, -0.2) is 11.5 Å². The van der Waals surface area contributed by atoms with Crippen molar-refractivity contribution in [2.45, 2.75) is 45.4 Å². The van der Waals surface area contributed by atoms with Crippen molar-refractivity contribution in [3.05, 3.63) is 16.1 Å². The first-order chi connectivity index (χ1) is 7.15. The average molecular weight is 224 g/mol. The standard InChI is InChI=1S/C12H20N2S/c1-9(2)10-7-15-11(14-10)6-12(8-13)4-3-5-12/h7,9H,3-6,8,13H2,1-2H3. The van der Waals surface area contributed by atoms with Gasteiger partial charge in [-0.15, -0.1) is 11.3 Å². The van der Waals surface area contributed by atoms with Crippen LogP contribution < -0.4 is 5.73 Å². The second-order valence-corrected chi connectivity index (χ2v) is 6.00. The zero-order valence-electron chi connectivity index (χ0n) is 9.62. The second kappa shape index (κ2) is 4.22. The van der Waals surface area contributed by atoms with Crippen LogP contribution in [0.25, 0.3) is 0 Å². The number of hydrogen-bond acceptors (Lipinski definition) is 3. The third-order valence-corrected chi connectivity index (χ3v) is 4.40. The van der Waals surface area contributed by atoms with Gasteiger partial charge in [-0.05, 0) is 30.7 Å². The van der Waals surface area contributed by atoms with Crippen LogP contribution in [0.5, 0.6) is 0 Å². The fraction of sp³-hybridized carbons (Fsp3) is 0.750. The minimum absolute atomic E-state index is 0.395. The number of nitrogens with zero attached hydrogens (tertiary/aromatic N) is 1. The van der Waals surface area contributed by atoms with Gasteiger partial charge in [0.05, 0.1) is 10.7 Å². The lowest BCUT2D eigenvalue weighted by atomic mass is 9.67. The summed E-state index contributed by atoms with van der Waals surface area (Å²) in [6.07, 6.45) is 5.03. The van der Waals surface area contributed by atoms with E-state index in [1.807, 2.05) is 0 Å². The van der Waals surface area contributed by atoms with Crippen molar-refractivity contribution < 1.29 is 0 Å². The molecule has 1 aromatic rings. The quantitative estimate of drug-likeness (QED) is 0.854. The van der Waals surface area contributed by atoms with E-state index < -0.39 is 0 Å². The summed E-state index contributed by atoms with van der Waals surface area (Å²) < 4.78 is 0. The highest BCUT2D eigenvalue weighted by Crippen LogP contribution is 2.43. The Morgan fingerprint density at radius 2 is 2.27 bits per heavy atom. The van der Waals surface area contributed by atoms with Crippen LogP contribution in [0.4, 0.5) is 0 Å². The van der Waals surface area contributed by atoms with Crippen LogP contribution >= 0.6 is 11.3 Å². The van der Waals surface area contributed by atoms with E-state index >= 15 is 0 Å². The molecule has 0 aliphatic heterocycles. The molecule has 1 heterocycles. The number of thiazole rings is 1. The smallest absolute Gasteiger partial charge is 0.0934 e. The molecule has 0 aromatic carbocycles. The van der Waals surface area contributed by atoms with Gasteiger partial charge in [-0.2, -0.15) is 0 Å². The Balaban J connectivity index is 2.04. The molecular weight excluding hydrogens is 204 g/mol. The Bertz CT molecular complexity index is 321. The molecule has 0 saturated heterocycles. The molecule has 15 heavy (non-hydrogen) atoms. The van der Waals surface area contributed by atoms with Gasteiger partial charge in [0, 0.05) is 11.8 Å². The minimum atomic E-state index is 0.395. The average Bonchev–Trinajstić information content (AvgIpc) is 2.59. The predicted molar refractivity (Wildman–Crippen MR) is 65.2 cm³/mol. The third kappa shape index (κ3) is 2.23.